The molecule has 0 saturated heterocycles. The highest BCUT2D eigenvalue weighted by Crippen LogP contribution is 2.30. The second-order valence-corrected chi connectivity index (χ2v) is 6.55. The molecule has 5 heteroatoms. The molecule has 3 rings (SSSR count). The van der Waals surface area contributed by atoms with Crippen molar-refractivity contribution in [3.05, 3.63) is 47.8 Å². The van der Waals surface area contributed by atoms with Crippen LogP contribution in [0.4, 0.5) is 0 Å². The fourth-order valence-corrected chi connectivity index (χ4v) is 3.00. The Morgan fingerprint density at radius 1 is 1.28 bits per heavy atom. The normalized spacial score (nSPS) is 12.3. The van der Waals surface area contributed by atoms with Gasteiger partial charge in [-0.05, 0) is 44.4 Å². The number of pyridine rings is 1. The molecule has 1 atom stereocenters. The van der Waals surface area contributed by atoms with Gasteiger partial charge in [-0.25, -0.2) is 9.67 Å². The van der Waals surface area contributed by atoms with Crippen LogP contribution in [0.15, 0.2) is 36.5 Å². The molecule has 5 nitrogen and oxygen atoms in total. The van der Waals surface area contributed by atoms with Gasteiger partial charge in [-0.1, -0.05) is 36.8 Å². The van der Waals surface area contributed by atoms with E-state index in [0.29, 0.717) is 0 Å². The Morgan fingerprint density at radius 2 is 2.08 bits per heavy atom. The number of nitrogens with one attached hydrogen (secondary N) is 1. The topological polar surface area (TPSA) is 59.8 Å². The van der Waals surface area contributed by atoms with Crippen LogP contribution in [0.25, 0.3) is 22.2 Å². The van der Waals surface area contributed by atoms with Crippen LogP contribution in [0.5, 0.6) is 0 Å². The second kappa shape index (κ2) is 7.05. The molecule has 130 valence electrons. The van der Waals surface area contributed by atoms with Crippen molar-refractivity contribution in [2.75, 3.05) is 0 Å². The van der Waals surface area contributed by atoms with E-state index in [2.05, 4.69) is 46.6 Å². The summed E-state index contributed by atoms with van der Waals surface area (Å²) in [5.74, 6) is -0.0403. The molecule has 25 heavy (non-hydrogen) atoms. The van der Waals surface area contributed by atoms with Crippen LogP contribution in [0.1, 0.15) is 31.5 Å². The average Bonchev–Trinajstić information content (AvgIpc) is 2.90. The molecule has 0 bridgehead atoms. The molecule has 0 aliphatic carbocycles. The number of aryl methyl sites for hydroxylation is 2. The number of benzene rings is 1. The van der Waals surface area contributed by atoms with Gasteiger partial charge in [0.15, 0.2) is 5.65 Å². The highest BCUT2D eigenvalue weighted by molar-refractivity contribution is 5.95. The number of nitrogens with zero attached hydrogens (tertiary/aromatic N) is 3. The standard InChI is InChI=1S/C20H24N4O/c1-5-14(3)22-18(25)12-24-20-19(15(4)23-24)17(9-10-21-20)16-8-6-7-13(2)11-16/h6-11,14H,5,12H2,1-4H3,(H,22,25). The van der Waals surface area contributed by atoms with E-state index in [4.69, 9.17) is 0 Å². The predicted molar refractivity (Wildman–Crippen MR) is 100 cm³/mol. The molecule has 0 radical (unpaired) electrons. The van der Waals surface area contributed by atoms with Gasteiger partial charge in [0, 0.05) is 17.6 Å². The monoisotopic (exact) mass is 336 g/mol. The maximum atomic E-state index is 12.2. The molecule has 2 aromatic heterocycles. The molecule has 0 aliphatic rings. The van der Waals surface area contributed by atoms with Crippen molar-refractivity contribution in [1.29, 1.82) is 0 Å². The largest absolute Gasteiger partial charge is 0.352 e. The van der Waals surface area contributed by atoms with E-state index in [9.17, 15) is 4.79 Å². The van der Waals surface area contributed by atoms with Gasteiger partial charge in [0.1, 0.15) is 6.54 Å². The maximum Gasteiger partial charge on any atom is 0.242 e. The SMILES string of the molecule is CCC(C)NC(=O)Cn1nc(C)c2c(-c3cccc(C)c3)ccnc21. The molecule has 1 N–H and O–H groups in total. The van der Waals surface area contributed by atoms with Crippen LogP contribution >= 0.6 is 0 Å². The molecule has 0 saturated carbocycles. The van der Waals surface area contributed by atoms with Crippen molar-refractivity contribution in [2.45, 2.75) is 46.7 Å². The number of aromatic nitrogens is 3. The van der Waals surface area contributed by atoms with E-state index in [-0.39, 0.29) is 18.5 Å². The Morgan fingerprint density at radius 3 is 2.80 bits per heavy atom. The lowest BCUT2D eigenvalue weighted by Crippen LogP contribution is -2.34. The first kappa shape index (κ1) is 17.1. The molecular formula is C20H24N4O. The summed E-state index contributed by atoms with van der Waals surface area (Å²) >= 11 is 0. The minimum atomic E-state index is -0.0403. The van der Waals surface area contributed by atoms with Crippen molar-refractivity contribution in [3.8, 4) is 11.1 Å². The Bertz CT molecular complexity index is 913. The third kappa shape index (κ3) is 3.55. The molecule has 0 fully saturated rings. The summed E-state index contributed by atoms with van der Waals surface area (Å²) in [7, 11) is 0. The second-order valence-electron chi connectivity index (χ2n) is 6.55. The van der Waals surface area contributed by atoms with E-state index >= 15 is 0 Å². The van der Waals surface area contributed by atoms with Gasteiger partial charge < -0.3 is 5.32 Å². The van der Waals surface area contributed by atoms with Crippen molar-refractivity contribution in [3.63, 3.8) is 0 Å². The zero-order valence-corrected chi connectivity index (χ0v) is 15.2. The van der Waals surface area contributed by atoms with Crippen LogP contribution in [-0.2, 0) is 11.3 Å². The quantitative estimate of drug-likeness (QED) is 0.774. The first-order valence-electron chi connectivity index (χ1n) is 8.68. The highest BCUT2D eigenvalue weighted by Gasteiger charge is 2.16. The number of hydrogen-bond acceptors (Lipinski definition) is 3. The number of carbonyl (C=O) groups is 1. The molecule has 0 aliphatic heterocycles. The van der Waals surface area contributed by atoms with Gasteiger partial charge in [0.05, 0.1) is 5.69 Å². The smallest absolute Gasteiger partial charge is 0.242 e. The van der Waals surface area contributed by atoms with E-state index in [0.717, 1.165) is 34.3 Å². The van der Waals surface area contributed by atoms with Gasteiger partial charge in [-0.2, -0.15) is 5.10 Å². The Balaban J connectivity index is 2.01. The van der Waals surface area contributed by atoms with Crippen molar-refractivity contribution in [2.24, 2.45) is 0 Å². The van der Waals surface area contributed by atoms with Crippen molar-refractivity contribution >= 4 is 16.9 Å². The Kier molecular flexibility index (Phi) is 4.83. The first-order valence-corrected chi connectivity index (χ1v) is 8.68. The first-order chi connectivity index (χ1) is 12.0. The number of amides is 1. The molecule has 3 aromatic rings. The third-order valence-electron chi connectivity index (χ3n) is 4.45. The van der Waals surface area contributed by atoms with E-state index in [1.54, 1.807) is 10.9 Å². The summed E-state index contributed by atoms with van der Waals surface area (Å²) in [5.41, 5.74) is 5.08. The van der Waals surface area contributed by atoms with Gasteiger partial charge in [0.25, 0.3) is 0 Å². The number of rotatable bonds is 5. The summed E-state index contributed by atoms with van der Waals surface area (Å²) < 4.78 is 1.70. The zero-order chi connectivity index (χ0) is 18.0. The molecule has 1 amide bonds. The number of carbonyl (C=O) groups excluding carboxylic acids is 1. The molecular weight excluding hydrogens is 312 g/mol. The van der Waals surface area contributed by atoms with Crippen molar-refractivity contribution in [1.82, 2.24) is 20.1 Å². The summed E-state index contributed by atoms with van der Waals surface area (Å²) in [6.07, 6.45) is 2.69. The number of fused-ring (bicyclic) bond motifs is 1. The molecule has 1 aromatic carbocycles. The lowest BCUT2D eigenvalue weighted by atomic mass is 10.0. The van der Waals surface area contributed by atoms with Crippen LogP contribution in [0.3, 0.4) is 0 Å². The zero-order valence-electron chi connectivity index (χ0n) is 15.2. The summed E-state index contributed by atoms with van der Waals surface area (Å²) in [6.45, 7) is 8.27. The Hall–Kier alpha value is -2.69. The third-order valence-corrected chi connectivity index (χ3v) is 4.45. The van der Waals surface area contributed by atoms with Gasteiger partial charge in [0.2, 0.25) is 5.91 Å². The molecule has 0 spiro atoms. The van der Waals surface area contributed by atoms with Gasteiger partial charge in [-0.15, -0.1) is 0 Å². The fourth-order valence-electron chi connectivity index (χ4n) is 3.00. The lowest BCUT2D eigenvalue weighted by Gasteiger charge is -2.11. The molecule has 2 heterocycles. The van der Waals surface area contributed by atoms with Crippen LogP contribution in [0, 0.1) is 13.8 Å². The van der Waals surface area contributed by atoms with Crippen LogP contribution in [-0.4, -0.2) is 26.7 Å². The minimum Gasteiger partial charge on any atom is -0.352 e. The summed E-state index contributed by atoms with van der Waals surface area (Å²) in [6, 6.07) is 10.5. The van der Waals surface area contributed by atoms with Crippen LogP contribution in [0.2, 0.25) is 0 Å². The minimum absolute atomic E-state index is 0.0403. The number of hydrogen-bond donors (Lipinski definition) is 1. The van der Waals surface area contributed by atoms with E-state index in [1.807, 2.05) is 26.8 Å². The van der Waals surface area contributed by atoms with Gasteiger partial charge >= 0.3 is 0 Å². The lowest BCUT2D eigenvalue weighted by molar-refractivity contribution is -0.122. The summed E-state index contributed by atoms with van der Waals surface area (Å²) in [5, 5.41) is 8.55. The van der Waals surface area contributed by atoms with Crippen LogP contribution < -0.4 is 5.32 Å². The Labute approximate surface area is 148 Å². The van der Waals surface area contributed by atoms with E-state index < -0.39 is 0 Å². The van der Waals surface area contributed by atoms with E-state index in [1.165, 1.54) is 5.56 Å². The van der Waals surface area contributed by atoms with Gasteiger partial charge in [-0.3, -0.25) is 4.79 Å². The predicted octanol–water partition coefficient (Wildman–Crippen LogP) is 3.63. The maximum absolute atomic E-state index is 12.2. The molecule has 1 unspecified atom stereocenters. The fraction of sp³-hybridized carbons (Fsp3) is 0.350. The van der Waals surface area contributed by atoms with Crippen molar-refractivity contribution < 1.29 is 4.79 Å². The average molecular weight is 336 g/mol. The highest BCUT2D eigenvalue weighted by atomic mass is 16.2. The summed E-state index contributed by atoms with van der Waals surface area (Å²) in [4.78, 5) is 16.7.